The second-order valence-corrected chi connectivity index (χ2v) is 7.91. The molecule has 2 aliphatic rings. The van der Waals surface area contributed by atoms with Crippen LogP contribution < -0.4 is 0 Å². The third-order valence-electron chi connectivity index (χ3n) is 5.51. The average molecular weight is 392 g/mol. The second kappa shape index (κ2) is 6.99. The topological polar surface area (TPSA) is 70.5 Å². The van der Waals surface area contributed by atoms with Crippen LogP contribution in [-0.2, 0) is 4.79 Å². The Kier molecular flexibility index (Phi) is 4.67. The highest BCUT2D eigenvalue weighted by molar-refractivity contribution is 7.13. The molecule has 0 bridgehead atoms. The molecule has 1 N–H and O–H groups in total. The van der Waals surface area contributed by atoms with E-state index in [-0.39, 0.29) is 28.2 Å². The van der Waals surface area contributed by atoms with Crippen molar-refractivity contribution in [1.29, 1.82) is 0 Å². The highest BCUT2D eigenvalue weighted by atomic mass is 32.1. The molecule has 1 aromatic carbocycles. The molecule has 1 saturated carbocycles. The van der Waals surface area contributed by atoms with Crippen molar-refractivity contribution in [3.8, 4) is 10.6 Å². The lowest BCUT2D eigenvalue weighted by Crippen LogP contribution is -2.46. The quantitative estimate of drug-likeness (QED) is 0.859. The fourth-order valence-electron chi connectivity index (χ4n) is 4.29. The molecule has 3 unspecified atom stereocenters. The molecular weight excluding hydrogens is 374 g/mol. The van der Waals surface area contributed by atoms with Crippen molar-refractivity contribution in [3.05, 3.63) is 40.9 Å². The number of benzene rings is 1. The number of carboxylic acids is 1. The average Bonchev–Trinajstić information content (AvgIpc) is 3.26. The maximum atomic E-state index is 14.0. The van der Waals surface area contributed by atoms with Crippen LogP contribution in [0.15, 0.2) is 23.6 Å². The number of carbonyl (C=O) groups excluding carboxylic acids is 1. The molecule has 4 rings (SSSR count). The Bertz CT molecular complexity index is 881. The molecule has 1 saturated heterocycles. The predicted molar refractivity (Wildman–Crippen MR) is 95.4 cm³/mol. The molecule has 3 atom stereocenters. The van der Waals surface area contributed by atoms with Gasteiger partial charge in [0.2, 0.25) is 0 Å². The van der Waals surface area contributed by atoms with Crippen molar-refractivity contribution in [2.75, 3.05) is 0 Å². The number of amides is 1. The first kappa shape index (κ1) is 18.0. The van der Waals surface area contributed by atoms with Crippen LogP contribution in [0.4, 0.5) is 8.78 Å². The number of nitrogens with zero attached hydrogens (tertiary/aromatic N) is 2. The van der Waals surface area contributed by atoms with Gasteiger partial charge < -0.3 is 10.0 Å². The van der Waals surface area contributed by atoms with Gasteiger partial charge in [-0.3, -0.25) is 4.79 Å². The van der Waals surface area contributed by atoms with E-state index < -0.39 is 29.6 Å². The van der Waals surface area contributed by atoms with E-state index in [1.54, 1.807) is 0 Å². The highest BCUT2D eigenvalue weighted by Gasteiger charge is 2.48. The summed E-state index contributed by atoms with van der Waals surface area (Å²) in [5, 5.41) is 11.1. The monoisotopic (exact) mass is 392 g/mol. The minimum Gasteiger partial charge on any atom is -0.480 e. The fraction of sp³-hybridized carbons (Fsp3) is 0.421. The Labute approximate surface area is 158 Å². The summed E-state index contributed by atoms with van der Waals surface area (Å²) in [7, 11) is 0. The van der Waals surface area contributed by atoms with Gasteiger partial charge in [-0.05, 0) is 37.3 Å². The Balaban J connectivity index is 1.66. The van der Waals surface area contributed by atoms with Crippen molar-refractivity contribution >= 4 is 23.2 Å². The van der Waals surface area contributed by atoms with Gasteiger partial charge in [0, 0.05) is 11.4 Å². The SMILES string of the molecule is O=C(O)C1CC2CCCCC2N1C(=O)c1csc(-c2c(F)cccc2F)n1. The molecule has 1 aliphatic heterocycles. The number of likely N-dealkylation sites (tertiary alicyclic amines) is 1. The van der Waals surface area contributed by atoms with Gasteiger partial charge in [-0.1, -0.05) is 18.9 Å². The standard InChI is InChI=1S/C19H18F2N2O3S/c20-11-5-3-6-12(21)16(11)17-22-13(9-27-17)18(24)23-14-7-2-1-4-10(14)8-15(23)19(25)26/h3,5-6,9-10,14-15H,1-2,4,7-8H2,(H,25,26). The van der Waals surface area contributed by atoms with Crippen molar-refractivity contribution in [3.63, 3.8) is 0 Å². The molecule has 2 aromatic rings. The second-order valence-electron chi connectivity index (χ2n) is 7.05. The zero-order chi connectivity index (χ0) is 19.1. The maximum Gasteiger partial charge on any atom is 0.326 e. The minimum absolute atomic E-state index is 0.0372. The molecule has 1 amide bonds. The number of carbonyl (C=O) groups is 2. The molecule has 5 nitrogen and oxygen atoms in total. The van der Waals surface area contributed by atoms with Gasteiger partial charge in [-0.25, -0.2) is 18.6 Å². The van der Waals surface area contributed by atoms with Crippen LogP contribution in [0.3, 0.4) is 0 Å². The maximum absolute atomic E-state index is 14.0. The van der Waals surface area contributed by atoms with E-state index in [9.17, 15) is 23.5 Å². The summed E-state index contributed by atoms with van der Waals surface area (Å²) in [6, 6.07) is 2.55. The van der Waals surface area contributed by atoms with E-state index in [2.05, 4.69) is 4.98 Å². The number of hydrogen-bond donors (Lipinski definition) is 1. The first-order valence-electron chi connectivity index (χ1n) is 8.92. The van der Waals surface area contributed by atoms with Crippen LogP contribution in [0.25, 0.3) is 10.6 Å². The first-order chi connectivity index (χ1) is 13.0. The molecule has 0 radical (unpaired) electrons. The summed E-state index contributed by atoms with van der Waals surface area (Å²) in [5.41, 5.74) is -0.233. The van der Waals surface area contributed by atoms with Gasteiger partial charge in [0.15, 0.2) is 0 Å². The van der Waals surface area contributed by atoms with Crippen LogP contribution in [0.1, 0.15) is 42.6 Å². The summed E-state index contributed by atoms with van der Waals surface area (Å²) in [5.74, 6) is -2.81. The summed E-state index contributed by atoms with van der Waals surface area (Å²) in [6.45, 7) is 0. The van der Waals surface area contributed by atoms with Gasteiger partial charge >= 0.3 is 5.97 Å². The van der Waals surface area contributed by atoms with E-state index in [1.165, 1.54) is 16.3 Å². The number of aromatic nitrogens is 1. The number of halogens is 2. The summed E-state index contributed by atoms with van der Waals surface area (Å²) in [4.78, 5) is 30.3. The van der Waals surface area contributed by atoms with Gasteiger partial charge in [-0.15, -0.1) is 11.3 Å². The largest absolute Gasteiger partial charge is 0.480 e. The van der Waals surface area contributed by atoms with E-state index in [0.717, 1.165) is 49.2 Å². The van der Waals surface area contributed by atoms with Gasteiger partial charge in [0.25, 0.3) is 5.91 Å². The predicted octanol–water partition coefficient (Wildman–Crippen LogP) is 3.95. The zero-order valence-corrected chi connectivity index (χ0v) is 15.2. The van der Waals surface area contributed by atoms with Gasteiger partial charge in [-0.2, -0.15) is 0 Å². The van der Waals surface area contributed by atoms with Crippen molar-refractivity contribution in [2.24, 2.45) is 5.92 Å². The Morgan fingerprint density at radius 1 is 1.19 bits per heavy atom. The van der Waals surface area contributed by atoms with E-state index in [1.807, 2.05) is 0 Å². The smallest absolute Gasteiger partial charge is 0.326 e. The molecule has 2 fully saturated rings. The number of carboxylic acid groups (broad SMARTS) is 1. The molecule has 1 aliphatic carbocycles. The Morgan fingerprint density at radius 2 is 1.89 bits per heavy atom. The Morgan fingerprint density at radius 3 is 2.59 bits per heavy atom. The fourth-order valence-corrected chi connectivity index (χ4v) is 5.13. The van der Waals surface area contributed by atoms with Crippen LogP contribution in [0, 0.1) is 17.6 Å². The van der Waals surface area contributed by atoms with Crippen LogP contribution in [-0.4, -0.2) is 39.0 Å². The number of thiazole rings is 1. The molecule has 142 valence electrons. The van der Waals surface area contributed by atoms with Crippen LogP contribution in [0.2, 0.25) is 0 Å². The number of aliphatic carboxylic acids is 1. The van der Waals surface area contributed by atoms with Crippen molar-refractivity contribution in [1.82, 2.24) is 9.88 Å². The molecule has 1 aromatic heterocycles. The third kappa shape index (κ3) is 3.12. The van der Waals surface area contributed by atoms with Gasteiger partial charge in [0.05, 0.1) is 5.56 Å². The summed E-state index contributed by atoms with van der Waals surface area (Å²) in [6.07, 6.45) is 4.15. The van der Waals surface area contributed by atoms with Crippen LogP contribution >= 0.6 is 11.3 Å². The van der Waals surface area contributed by atoms with E-state index in [4.69, 9.17) is 0 Å². The lowest BCUT2D eigenvalue weighted by atomic mass is 9.84. The van der Waals surface area contributed by atoms with Crippen molar-refractivity contribution in [2.45, 2.75) is 44.2 Å². The lowest BCUT2D eigenvalue weighted by Gasteiger charge is -2.32. The number of rotatable bonds is 3. The molecule has 2 heterocycles. The minimum atomic E-state index is -1.02. The van der Waals surface area contributed by atoms with Gasteiger partial charge in [0.1, 0.15) is 28.4 Å². The molecule has 8 heteroatoms. The normalized spacial score (nSPS) is 24.7. The lowest BCUT2D eigenvalue weighted by molar-refractivity contribution is -0.141. The Hall–Kier alpha value is -2.35. The first-order valence-corrected chi connectivity index (χ1v) is 9.80. The number of fused-ring (bicyclic) bond motifs is 1. The summed E-state index contributed by atoms with van der Waals surface area (Å²) < 4.78 is 28.0. The molecule has 0 spiro atoms. The third-order valence-corrected chi connectivity index (χ3v) is 6.37. The number of hydrogen-bond acceptors (Lipinski definition) is 4. The highest BCUT2D eigenvalue weighted by Crippen LogP contribution is 2.41. The van der Waals surface area contributed by atoms with E-state index in [0.29, 0.717) is 6.42 Å². The summed E-state index contributed by atoms with van der Waals surface area (Å²) >= 11 is 0.971. The molecular formula is C19H18F2N2O3S. The molecule has 27 heavy (non-hydrogen) atoms. The zero-order valence-electron chi connectivity index (χ0n) is 14.4. The van der Waals surface area contributed by atoms with Crippen molar-refractivity contribution < 1.29 is 23.5 Å². The van der Waals surface area contributed by atoms with E-state index >= 15 is 0 Å². The van der Waals surface area contributed by atoms with Crippen LogP contribution in [0.5, 0.6) is 0 Å².